The van der Waals surface area contributed by atoms with Gasteiger partial charge >= 0.3 is 0 Å². The molecule has 0 atom stereocenters. The molecule has 0 unspecified atom stereocenters. The molecule has 0 aliphatic carbocycles. The van der Waals surface area contributed by atoms with Crippen LogP contribution >= 0.6 is 0 Å². The first-order chi connectivity index (χ1) is 26.6. The van der Waals surface area contributed by atoms with Crippen LogP contribution in [0.3, 0.4) is 0 Å². The first-order valence-corrected chi connectivity index (χ1v) is 17.3. The minimum Gasteiger partial charge on any atom is -0.449 e. The Morgan fingerprint density at radius 2 is 0.741 bits per heavy atom. The van der Waals surface area contributed by atoms with E-state index >= 15 is 0 Å². The number of hydrogen-bond donors (Lipinski definition) is 0. The van der Waals surface area contributed by atoms with Crippen LogP contribution in [0.2, 0.25) is 0 Å². The van der Waals surface area contributed by atoms with Gasteiger partial charge in [0, 0.05) is 16.7 Å². The summed E-state index contributed by atoms with van der Waals surface area (Å²) in [5.41, 5.74) is 9.37. The summed E-state index contributed by atoms with van der Waals surface area (Å²) in [6.45, 7) is 0. The average Bonchev–Trinajstić information content (AvgIpc) is 3.25. The van der Waals surface area contributed by atoms with E-state index in [0.717, 1.165) is 50.1 Å². The van der Waals surface area contributed by atoms with Gasteiger partial charge in [-0.05, 0) is 88.0 Å². The molecule has 0 amide bonds. The van der Waals surface area contributed by atoms with Crippen LogP contribution in [0, 0.1) is 22.7 Å². The van der Waals surface area contributed by atoms with Crippen LogP contribution in [0.25, 0.3) is 67.5 Å². The molecule has 9 rings (SSSR count). The van der Waals surface area contributed by atoms with Gasteiger partial charge in [-0.25, -0.2) is 15.0 Å². The van der Waals surface area contributed by atoms with Gasteiger partial charge in [-0.2, -0.15) is 10.5 Å². The third-order valence-electron chi connectivity index (χ3n) is 9.27. The van der Waals surface area contributed by atoms with E-state index in [4.69, 9.17) is 24.4 Å². The predicted octanol–water partition coefficient (Wildman–Crippen LogP) is 11.5. The Hall–Kier alpha value is -7.87. The number of aromatic nitrogens is 3. The lowest BCUT2D eigenvalue weighted by Gasteiger charge is -2.24. The topological polar surface area (TPSA) is 105 Å². The lowest BCUT2D eigenvalue weighted by Crippen LogP contribution is -2.01. The molecule has 0 radical (unpaired) electrons. The maximum absolute atomic E-state index is 9.40. The van der Waals surface area contributed by atoms with E-state index in [9.17, 15) is 10.5 Å². The van der Waals surface area contributed by atoms with Gasteiger partial charge in [0.25, 0.3) is 0 Å². The summed E-state index contributed by atoms with van der Waals surface area (Å²) in [5.74, 6) is 4.10. The molecule has 0 fully saturated rings. The van der Waals surface area contributed by atoms with E-state index in [1.165, 1.54) is 0 Å². The van der Waals surface area contributed by atoms with Crippen molar-refractivity contribution in [1.82, 2.24) is 15.0 Å². The SMILES string of the molecule is N#Cc1ccc(-c2cc3c(cc2-c2ccc(C#N)cc2)Oc2cc(-c4cccc(-c5nc(-c6ccccc6)nc(-c6ccccc6)n5)c4)ccc2O3)cc1. The first-order valence-electron chi connectivity index (χ1n) is 17.3. The van der Waals surface area contributed by atoms with Gasteiger partial charge in [-0.15, -0.1) is 0 Å². The molecule has 1 aromatic heterocycles. The molecule has 7 heteroatoms. The minimum absolute atomic E-state index is 0.567. The fraction of sp³-hybridized carbons (Fsp3) is 0. The Morgan fingerprint density at radius 1 is 0.333 bits per heavy atom. The second kappa shape index (κ2) is 13.7. The molecule has 2 heterocycles. The zero-order valence-corrected chi connectivity index (χ0v) is 28.6. The molecular formula is C47H27N5O2. The number of nitrogens with zero attached hydrogens (tertiary/aromatic N) is 5. The molecule has 54 heavy (non-hydrogen) atoms. The molecule has 1 aliphatic rings. The molecular weight excluding hydrogens is 667 g/mol. The Balaban J connectivity index is 1.08. The Morgan fingerprint density at radius 3 is 1.26 bits per heavy atom. The normalized spacial score (nSPS) is 11.2. The van der Waals surface area contributed by atoms with Crippen LogP contribution in [0.5, 0.6) is 23.0 Å². The van der Waals surface area contributed by atoms with Crippen molar-refractivity contribution in [2.75, 3.05) is 0 Å². The van der Waals surface area contributed by atoms with Crippen molar-refractivity contribution in [3.05, 3.63) is 175 Å². The van der Waals surface area contributed by atoms with E-state index in [1.807, 2.05) is 133 Å². The number of nitriles is 2. The fourth-order valence-corrected chi connectivity index (χ4v) is 6.51. The smallest absolute Gasteiger partial charge is 0.170 e. The Kier molecular flexibility index (Phi) is 8.13. The van der Waals surface area contributed by atoms with Gasteiger partial charge in [0.2, 0.25) is 0 Å². The highest BCUT2D eigenvalue weighted by Crippen LogP contribution is 2.50. The second-order valence-electron chi connectivity index (χ2n) is 12.7. The van der Waals surface area contributed by atoms with Gasteiger partial charge in [0.05, 0.1) is 23.3 Å². The highest BCUT2D eigenvalue weighted by atomic mass is 16.6. The van der Waals surface area contributed by atoms with Crippen molar-refractivity contribution in [2.45, 2.75) is 0 Å². The van der Waals surface area contributed by atoms with Crippen LogP contribution in [0.1, 0.15) is 11.1 Å². The highest BCUT2D eigenvalue weighted by molar-refractivity contribution is 5.87. The molecule has 8 aromatic rings. The van der Waals surface area contributed by atoms with Gasteiger partial charge < -0.3 is 9.47 Å². The zero-order valence-electron chi connectivity index (χ0n) is 28.6. The number of fused-ring (bicyclic) bond motifs is 2. The van der Waals surface area contributed by atoms with Gasteiger partial charge in [-0.3, -0.25) is 0 Å². The van der Waals surface area contributed by atoms with E-state index in [1.54, 1.807) is 24.3 Å². The summed E-state index contributed by atoms with van der Waals surface area (Å²) in [4.78, 5) is 14.7. The third kappa shape index (κ3) is 6.19. The molecule has 0 bridgehead atoms. The number of rotatable bonds is 6. The monoisotopic (exact) mass is 693 g/mol. The molecule has 0 spiro atoms. The molecule has 7 aromatic carbocycles. The second-order valence-corrected chi connectivity index (χ2v) is 12.7. The zero-order chi connectivity index (χ0) is 36.4. The van der Waals surface area contributed by atoms with Gasteiger partial charge in [0.1, 0.15) is 0 Å². The lowest BCUT2D eigenvalue weighted by molar-refractivity contribution is 0.360. The predicted molar refractivity (Wildman–Crippen MR) is 208 cm³/mol. The highest BCUT2D eigenvalue weighted by Gasteiger charge is 2.23. The summed E-state index contributed by atoms with van der Waals surface area (Å²) < 4.78 is 13.0. The standard InChI is InChI=1S/C47H27N5O2/c48-28-30-14-18-32(19-15-30)39-26-43-44(27-40(39)33-20-16-31(29-49)17-21-33)54-42-25-37(22-23-41(42)53-43)36-12-7-13-38(24-36)47-51-45(34-8-3-1-4-9-34)50-46(52-47)35-10-5-2-6-11-35/h1-27H. The molecule has 1 aliphatic heterocycles. The molecule has 0 saturated carbocycles. The van der Waals surface area contributed by atoms with Crippen LogP contribution in [0.4, 0.5) is 0 Å². The van der Waals surface area contributed by atoms with Crippen molar-refractivity contribution in [3.8, 4) is 103 Å². The number of hydrogen-bond acceptors (Lipinski definition) is 7. The summed E-state index contributed by atoms with van der Waals surface area (Å²) in [6.07, 6.45) is 0. The first kappa shape index (κ1) is 32.1. The van der Waals surface area contributed by atoms with Gasteiger partial charge in [-0.1, -0.05) is 109 Å². The van der Waals surface area contributed by atoms with E-state index in [2.05, 4.69) is 18.2 Å². The van der Waals surface area contributed by atoms with Crippen molar-refractivity contribution >= 4 is 0 Å². The summed E-state index contributed by atoms with van der Waals surface area (Å²) in [7, 11) is 0. The minimum atomic E-state index is 0.567. The van der Waals surface area contributed by atoms with E-state index in [-0.39, 0.29) is 0 Å². The molecule has 0 N–H and O–H groups in total. The average molecular weight is 694 g/mol. The van der Waals surface area contributed by atoms with Gasteiger partial charge in [0.15, 0.2) is 40.5 Å². The summed E-state index contributed by atoms with van der Waals surface area (Å²) in [6, 6.07) is 57.1. The quantitative estimate of drug-likeness (QED) is 0.171. The number of ether oxygens (including phenoxy) is 2. The van der Waals surface area contributed by atoms with E-state index in [0.29, 0.717) is 51.6 Å². The maximum atomic E-state index is 9.40. The number of benzene rings is 7. The largest absolute Gasteiger partial charge is 0.449 e. The van der Waals surface area contributed by atoms with Crippen molar-refractivity contribution in [2.24, 2.45) is 0 Å². The lowest BCUT2D eigenvalue weighted by atomic mass is 9.92. The third-order valence-corrected chi connectivity index (χ3v) is 9.27. The Labute approximate surface area is 311 Å². The van der Waals surface area contributed by atoms with E-state index < -0.39 is 0 Å². The van der Waals surface area contributed by atoms with Crippen LogP contribution in [-0.2, 0) is 0 Å². The maximum Gasteiger partial charge on any atom is 0.170 e. The van der Waals surface area contributed by atoms with Crippen LogP contribution in [0.15, 0.2) is 164 Å². The molecule has 0 saturated heterocycles. The van der Waals surface area contributed by atoms with Crippen molar-refractivity contribution < 1.29 is 9.47 Å². The molecule has 252 valence electrons. The Bertz CT molecular complexity index is 2710. The summed E-state index contributed by atoms with van der Waals surface area (Å²) >= 11 is 0. The summed E-state index contributed by atoms with van der Waals surface area (Å²) in [5, 5.41) is 18.8. The fourth-order valence-electron chi connectivity index (χ4n) is 6.51. The van der Waals surface area contributed by atoms with Crippen LogP contribution < -0.4 is 9.47 Å². The van der Waals surface area contributed by atoms with Crippen molar-refractivity contribution in [1.29, 1.82) is 10.5 Å². The van der Waals surface area contributed by atoms with Crippen molar-refractivity contribution in [3.63, 3.8) is 0 Å². The van der Waals surface area contributed by atoms with Crippen LogP contribution in [-0.4, -0.2) is 15.0 Å². The molecule has 7 nitrogen and oxygen atoms in total.